The minimum Gasteiger partial charge on any atom is -0.395 e. The van der Waals surface area contributed by atoms with E-state index >= 15 is 0 Å². The fraction of sp³-hybridized carbons (Fsp3) is 0.500. The SMILES string of the molecule is CC/C=C/C/C=C/C=C/CC/C=C/[C@@H](O)[C@@H](N)CO. The molecule has 0 aliphatic rings. The molecule has 0 saturated carbocycles. The normalized spacial score (nSPS) is 16.2. The second-order valence-corrected chi connectivity index (χ2v) is 4.31. The highest BCUT2D eigenvalue weighted by Gasteiger charge is 2.08. The quantitative estimate of drug-likeness (QED) is 0.323. The predicted molar refractivity (Wildman–Crippen MR) is 81.8 cm³/mol. The first-order chi connectivity index (χ1) is 9.22. The van der Waals surface area contributed by atoms with Crippen molar-refractivity contribution in [3.63, 3.8) is 0 Å². The number of aliphatic hydroxyl groups excluding tert-OH is 2. The van der Waals surface area contributed by atoms with Crippen LogP contribution in [0.15, 0.2) is 48.6 Å². The average Bonchev–Trinajstić information content (AvgIpc) is 2.43. The van der Waals surface area contributed by atoms with E-state index in [9.17, 15) is 5.11 Å². The lowest BCUT2D eigenvalue weighted by Gasteiger charge is -2.11. The maximum absolute atomic E-state index is 9.45. The summed E-state index contributed by atoms with van der Waals surface area (Å²) in [5.41, 5.74) is 5.47. The average molecular weight is 265 g/mol. The van der Waals surface area contributed by atoms with Gasteiger partial charge in [0.15, 0.2) is 0 Å². The highest BCUT2D eigenvalue weighted by molar-refractivity contribution is 5.05. The lowest BCUT2D eigenvalue weighted by molar-refractivity contribution is 0.144. The van der Waals surface area contributed by atoms with Crippen LogP contribution >= 0.6 is 0 Å². The van der Waals surface area contributed by atoms with Gasteiger partial charge in [-0.3, -0.25) is 0 Å². The van der Waals surface area contributed by atoms with E-state index in [4.69, 9.17) is 10.8 Å². The Hall–Kier alpha value is -1.16. The summed E-state index contributed by atoms with van der Waals surface area (Å²) >= 11 is 0. The summed E-state index contributed by atoms with van der Waals surface area (Å²) in [5, 5.41) is 18.2. The molecule has 0 fully saturated rings. The van der Waals surface area contributed by atoms with Gasteiger partial charge in [-0.25, -0.2) is 0 Å². The zero-order chi connectivity index (χ0) is 14.3. The molecule has 0 unspecified atom stereocenters. The lowest BCUT2D eigenvalue weighted by atomic mass is 10.1. The zero-order valence-corrected chi connectivity index (χ0v) is 11.8. The van der Waals surface area contributed by atoms with Gasteiger partial charge >= 0.3 is 0 Å². The van der Waals surface area contributed by atoms with Crippen molar-refractivity contribution in [3.05, 3.63) is 48.6 Å². The standard InChI is InChI=1S/C16H27NO2/c1-2-3-4-5-6-7-8-9-10-11-12-13-16(19)15(17)14-18/h3-4,6-9,12-13,15-16,18-19H,2,5,10-11,14,17H2,1H3/b4-3+,7-6+,9-8+,13-12+/t15-,16+/m0/s1. The first-order valence-electron chi connectivity index (χ1n) is 6.90. The van der Waals surface area contributed by atoms with E-state index < -0.39 is 12.1 Å². The van der Waals surface area contributed by atoms with Crippen LogP contribution < -0.4 is 5.73 Å². The molecule has 0 amide bonds. The Morgan fingerprint density at radius 3 is 2.37 bits per heavy atom. The summed E-state index contributed by atoms with van der Waals surface area (Å²) in [4.78, 5) is 0. The molecule has 0 saturated heterocycles. The van der Waals surface area contributed by atoms with Crippen LogP contribution in [0.5, 0.6) is 0 Å². The molecule has 0 aromatic rings. The smallest absolute Gasteiger partial charge is 0.0894 e. The van der Waals surface area contributed by atoms with Crippen molar-refractivity contribution in [2.24, 2.45) is 5.73 Å². The summed E-state index contributed by atoms with van der Waals surface area (Å²) in [6.45, 7) is 1.92. The third kappa shape index (κ3) is 11.7. The Morgan fingerprint density at radius 1 is 1.00 bits per heavy atom. The van der Waals surface area contributed by atoms with E-state index in [0.29, 0.717) is 0 Å². The topological polar surface area (TPSA) is 66.5 Å². The van der Waals surface area contributed by atoms with Gasteiger partial charge in [-0.2, -0.15) is 0 Å². The molecule has 3 nitrogen and oxygen atoms in total. The van der Waals surface area contributed by atoms with E-state index in [-0.39, 0.29) is 6.61 Å². The monoisotopic (exact) mass is 265 g/mol. The Morgan fingerprint density at radius 2 is 1.68 bits per heavy atom. The van der Waals surface area contributed by atoms with Gasteiger partial charge in [0.25, 0.3) is 0 Å². The van der Waals surface area contributed by atoms with Crippen molar-refractivity contribution >= 4 is 0 Å². The van der Waals surface area contributed by atoms with Crippen molar-refractivity contribution in [1.29, 1.82) is 0 Å². The van der Waals surface area contributed by atoms with Gasteiger partial charge in [0.05, 0.1) is 18.8 Å². The number of hydrogen-bond acceptors (Lipinski definition) is 3. The van der Waals surface area contributed by atoms with Gasteiger partial charge in [-0.05, 0) is 25.7 Å². The van der Waals surface area contributed by atoms with Crippen molar-refractivity contribution < 1.29 is 10.2 Å². The van der Waals surface area contributed by atoms with E-state index in [0.717, 1.165) is 25.7 Å². The zero-order valence-electron chi connectivity index (χ0n) is 11.8. The first kappa shape index (κ1) is 17.8. The van der Waals surface area contributed by atoms with Gasteiger partial charge in [-0.15, -0.1) is 0 Å². The molecule has 2 atom stereocenters. The van der Waals surface area contributed by atoms with Gasteiger partial charge in [0, 0.05) is 0 Å². The molecule has 0 radical (unpaired) electrons. The van der Waals surface area contributed by atoms with Gasteiger partial charge in [-0.1, -0.05) is 55.5 Å². The summed E-state index contributed by atoms with van der Waals surface area (Å²) in [7, 11) is 0. The number of allylic oxidation sites excluding steroid dienone is 7. The van der Waals surface area contributed by atoms with Crippen molar-refractivity contribution in [3.8, 4) is 0 Å². The highest BCUT2D eigenvalue weighted by Crippen LogP contribution is 1.98. The van der Waals surface area contributed by atoms with Crippen molar-refractivity contribution in [1.82, 2.24) is 0 Å². The number of rotatable bonds is 10. The van der Waals surface area contributed by atoms with Crippen LogP contribution in [0.1, 0.15) is 32.6 Å². The minimum atomic E-state index is -0.765. The minimum absolute atomic E-state index is 0.206. The Labute approximate surface area is 116 Å². The van der Waals surface area contributed by atoms with Gasteiger partial charge in [0.1, 0.15) is 0 Å². The molecular weight excluding hydrogens is 238 g/mol. The molecule has 0 aromatic heterocycles. The maximum Gasteiger partial charge on any atom is 0.0894 e. The fourth-order valence-corrected chi connectivity index (χ4v) is 1.35. The van der Waals surface area contributed by atoms with Crippen LogP contribution in [0.3, 0.4) is 0 Å². The molecule has 3 heteroatoms. The van der Waals surface area contributed by atoms with Crippen LogP contribution in [0, 0.1) is 0 Å². The molecule has 19 heavy (non-hydrogen) atoms. The summed E-state index contributed by atoms with van der Waals surface area (Å²) in [6.07, 6.45) is 19.2. The molecule has 0 aliphatic heterocycles. The van der Waals surface area contributed by atoms with Gasteiger partial charge in [0.2, 0.25) is 0 Å². The molecule has 0 bridgehead atoms. The number of nitrogens with two attached hydrogens (primary N) is 1. The molecular formula is C16H27NO2. The van der Waals surface area contributed by atoms with E-state index in [2.05, 4.69) is 31.2 Å². The number of unbranched alkanes of at least 4 members (excludes halogenated alkanes) is 1. The third-order valence-corrected chi connectivity index (χ3v) is 2.54. The van der Waals surface area contributed by atoms with Crippen LogP contribution in [-0.4, -0.2) is 29.0 Å². The molecule has 0 aromatic carbocycles. The number of hydrogen-bond donors (Lipinski definition) is 3. The summed E-state index contributed by atoms with van der Waals surface area (Å²) in [6, 6.07) is -0.592. The van der Waals surface area contributed by atoms with Gasteiger partial charge < -0.3 is 15.9 Å². The lowest BCUT2D eigenvalue weighted by Crippen LogP contribution is -2.36. The Kier molecular flexibility index (Phi) is 12.5. The number of aliphatic hydroxyl groups is 2. The molecule has 0 rings (SSSR count). The summed E-state index contributed by atoms with van der Waals surface area (Å²) in [5.74, 6) is 0. The highest BCUT2D eigenvalue weighted by atomic mass is 16.3. The predicted octanol–water partition coefficient (Wildman–Crippen LogP) is 2.47. The van der Waals surface area contributed by atoms with E-state index in [1.807, 2.05) is 18.2 Å². The first-order valence-corrected chi connectivity index (χ1v) is 6.90. The maximum atomic E-state index is 9.45. The van der Waals surface area contributed by atoms with Crippen LogP contribution in [0.25, 0.3) is 0 Å². The second kappa shape index (κ2) is 13.3. The molecule has 4 N–H and O–H groups in total. The summed E-state index contributed by atoms with van der Waals surface area (Å²) < 4.78 is 0. The van der Waals surface area contributed by atoms with Crippen LogP contribution in [0.4, 0.5) is 0 Å². The van der Waals surface area contributed by atoms with Crippen molar-refractivity contribution in [2.45, 2.75) is 44.8 Å². The molecule has 0 aliphatic carbocycles. The Bertz CT molecular complexity index is 306. The van der Waals surface area contributed by atoms with Crippen molar-refractivity contribution in [2.75, 3.05) is 6.61 Å². The molecule has 108 valence electrons. The fourth-order valence-electron chi connectivity index (χ4n) is 1.35. The Balaban J connectivity index is 3.63. The van der Waals surface area contributed by atoms with Crippen LogP contribution in [0.2, 0.25) is 0 Å². The van der Waals surface area contributed by atoms with Crippen LogP contribution in [-0.2, 0) is 0 Å². The molecule has 0 heterocycles. The molecule has 0 spiro atoms. The largest absolute Gasteiger partial charge is 0.395 e. The van der Waals surface area contributed by atoms with E-state index in [1.54, 1.807) is 6.08 Å². The second-order valence-electron chi connectivity index (χ2n) is 4.31. The van der Waals surface area contributed by atoms with E-state index in [1.165, 1.54) is 0 Å². The third-order valence-electron chi connectivity index (χ3n) is 2.54.